The number of nitrogens with one attached hydrogen (secondary N) is 2. The summed E-state index contributed by atoms with van der Waals surface area (Å²) in [6.07, 6.45) is 0.352. The molecule has 0 aliphatic carbocycles. The Labute approximate surface area is 310 Å². The van der Waals surface area contributed by atoms with E-state index >= 15 is 0 Å². The third kappa shape index (κ3) is 12.2. The summed E-state index contributed by atoms with van der Waals surface area (Å²) in [5.41, 5.74) is 5.76. The number of aliphatic carboxylic acids is 2. The van der Waals surface area contributed by atoms with E-state index in [9.17, 15) is 9.59 Å². The van der Waals surface area contributed by atoms with E-state index in [1.807, 2.05) is 24.3 Å². The average molecular weight is 833 g/mol. The van der Waals surface area contributed by atoms with Crippen molar-refractivity contribution in [1.82, 2.24) is 0 Å². The molecule has 49 heavy (non-hydrogen) atoms. The number of hydrogen-bond donors (Lipinski definition) is 4. The van der Waals surface area contributed by atoms with E-state index in [4.69, 9.17) is 53.4 Å². The van der Waals surface area contributed by atoms with E-state index in [0.717, 1.165) is 37.0 Å². The van der Waals surface area contributed by atoms with Gasteiger partial charge in [-0.05, 0) is 121 Å². The number of anilines is 2. The molecule has 4 aromatic rings. The van der Waals surface area contributed by atoms with Crippen LogP contribution in [0.15, 0.2) is 69.6 Å². The molecule has 4 N–H and O–H groups in total. The SMILES string of the molecule is CNc1cc(C#N)cc(COc2c(Br)cc(CCC(=O)O)cc2Br)c1.CNc1cc(C#N)cc(COc2c(Cl)cc(CC(=O)O)cc2Cl)c1. The summed E-state index contributed by atoms with van der Waals surface area (Å²) in [5.74, 6) is -0.887. The number of nitrogens with zero attached hydrogens (tertiary/aromatic N) is 2. The van der Waals surface area contributed by atoms with Gasteiger partial charge in [-0.15, -0.1) is 0 Å². The smallest absolute Gasteiger partial charge is 0.307 e. The zero-order valence-corrected chi connectivity index (χ0v) is 30.9. The van der Waals surface area contributed by atoms with Crippen LogP contribution in [0.25, 0.3) is 0 Å². The highest BCUT2D eigenvalue weighted by Gasteiger charge is 2.13. The molecule has 0 unspecified atom stereocenters. The minimum absolute atomic E-state index is 0.0762. The molecule has 0 aliphatic rings. The largest absolute Gasteiger partial charge is 0.487 e. The first-order valence-corrected chi connectivity index (χ1v) is 16.8. The molecule has 4 rings (SSSR count). The molecule has 0 bridgehead atoms. The molecule has 0 radical (unpaired) electrons. The lowest BCUT2D eigenvalue weighted by molar-refractivity contribution is -0.137. The Morgan fingerprint density at radius 3 is 1.57 bits per heavy atom. The Bertz CT molecular complexity index is 1880. The maximum absolute atomic E-state index is 10.8. The van der Waals surface area contributed by atoms with Crippen LogP contribution >= 0.6 is 55.1 Å². The third-order valence-electron chi connectivity index (χ3n) is 6.69. The summed E-state index contributed by atoms with van der Waals surface area (Å²) >= 11 is 19.2. The molecule has 0 atom stereocenters. The molecule has 10 nitrogen and oxygen atoms in total. The normalized spacial score (nSPS) is 10.1. The number of aryl methyl sites for hydroxylation is 1. The zero-order valence-electron chi connectivity index (χ0n) is 26.2. The van der Waals surface area contributed by atoms with Gasteiger partial charge in [0, 0.05) is 31.9 Å². The summed E-state index contributed by atoms with van der Waals surface area (Å²) in [7, 11) is 3.56. The molecule has 0 fully saturated rings. The maximum atomic E-state index is 10.8. The van der Waals surface area contributed by atoms with Crippen LogP contribution in [0.1, 0.15) is 39.8 Å². The fraction of sp³-hybridized carbons (Fsp3) is 0.200. The van der Waals surface area contributed by atoms with Crippen molar-refractivity contribution in [3.63, 3.8) is 0 Å². The minimum atomic E-state index is -0.969. The third-order valence-corrected chi connectivity index (χ3v) is 8.43. The summed E-state index contributed by atoms with van der Waals surface area (Å²) < 4.78 is 13.0. The van der Waals surface area contributed by atoms with Gasteiger partial charge in [-0.25, -0.2) is 0 Å². The second-order valence-electron chi connectivity index (χ2n) is 10.4. The Hall–Kier alpha value is -4.46. The first kappa shape index (κ1) is 39.0. The van der Waals surface area contributed by atoms with Crippen molar-refractivity contribution in [3.8, 4) is 23.6 Å². The van der Waals surface area contributed by atoms with Crippen molar-refractivity contribution >= 4 is 78.4 Å². The van der Waals surface area contributed by atoms with E-state index in [1.165, 1.54) is 12.1 Å². The summed E-state index contributed by atoms with van der Waals surface area (Å²) in [6, 6.07) is 21.7. The maximum Gasteiger partial charge on any atom is 0.307 e. The second kappa shape index (κ2) is 18.9. The molecule has 0 aromatic heterocycles. The van der Waals surface area contributed by atoms with Gasteiger partial charge in [-0.1, -0.05) is 23.2 Å². The predicted octanol–water partition coefficient (Wildman–Crippen LogP) is 8.83. The van der Waals surface area contributed by atoms with Gasteiger partial charge in [0.1, 0.15) is 19.0 Å². The number of carbonyl (C=O) groups is 2. The van der Waals surface area contributed by atoms with Gasteiger partial charge >= 0.3 is 11.9 Å². The summed E-state index contributed by atoms with van der Waals surface area (Å²) in [6.45, 7) is 0.470. The lowest BCUT2D eigenvalue weighted by Crippen LogP contribution is -2.02. The van der Waals surface area contributed by atoms with Crippen LogP contribution in [0.5, 0.6) is 11.5 Å². The van der Waals surface area contributed by atoms with Gasteiger partial charge in [0.15, 0.2) is 5.75 Å². The monoisotopic (exact) mass is 830 g/mol. The Morgan fingerprint density at radius 1 is 0.694 bits per heavy atom. The first-order chi connectivity index (χ1) is 23.3. The van der Waals surface area contributed by atoms with Crippen LogP contribution in [-0.2, 0) is 35.6 Å². The van der Waals surface area contributed by atoms with Crippen LogP contribution in [0.3, 0.4) is 0 Å². The van der Waals surface area contributed by atoms with Crippen LogP contribution in [0.2, 0.25) is 10.0 Å². The number of nitriles is 2. The highest BCUT2D eigenvalue weighted by molar-refractivity contribution is 9.11. The van der Waals surface area contributed by atoms with Crippen LogP contribution < -0.4 is 20.1 Å². The molecular weight excluding hydrogens is 803 g/mol. The Kier molecular flexibility index (Phi) is 15.0. The first-order valence-electron chi connectivity index (χ1n) is 14.4. The zero-order chi connectivity index (χ0) is 36.1. The van der Waals surface area contributed by atoms with E-state index in [1.54, 1.807) is 38.4 Å². The van der Waals surface area contributed by atoms with Crippen molar-refractivity contribution < 1.29 is 29.3 Å². The standard InChI is InChI=1S/C18H16Br2N2O3.C17H14Cl2N2O3/c1-22-14-5-12(9-21)4-13(6-14)10-25-18-15(19)7-11(8-16(18)20)2-3-17(23)24;1-21-13-3-11(8-20)2-12(4-13)9-24-17-14(18)5-10(6-15(17)19)7-16(22)23/h4-8,22H,2-3,10H2,1H3,(H,23,24);2-6,21H,7,9H2,1H3,(H,22,23). The highest BCUT2D eigenvalue weighted by Crippen LogP contribution is 2.37. The molecule has 4 aromatic carbocycles. The van der Waals surface area contributed by atoms with Gasteiger partial charge in [-0.2, -0.15) is 10.5 Å². The molecule has 0 spiro atoms. The molecule has 0 amide bonds. The van der Waals surface area contributed by atoms with Gasteiger partial charge in [0.2, 0.25) is 0 Å². The molecule has 14 heteroatoms. The predicted molar refractivity (Wildman–Crippen MR) is 196 cm³/mol. The minimum Gasteiger partial charge on any atom is -0.487 e. The van der Waals surface area contributed by atoms with Crippen LogP contribution in [0.4, 0.5) is 11.4 Å². The molecule has 0 heterocycles. The van der Waals surface area contributed by atoms with Crippen molar-refractivity contribution in [3.05, 3.63) is 113 Å². The average Bonchev–Trinajstić information content (AvgIpc) is 3.06. The van der Waals surface area contributed by atoms with E-state index < -0.39 is 11.9 Å². The van der Waals surface area contributed by atoms with Crippen molar-refractivity contribution in [2.75, 3.05) is 24.7 Å². The number of hydrogen-bond acceptors (Lipinski definition) is 8. The van der Waals surface area contributed by atoms with E-state index in [0.29, 0.717) is 35.5 Å². The lowest BCUT2D eigenvalue weighted by atomic mass is 10.1. The molecule has 0 aliphatic heterocycles. The fourth-order valence-electron chi connectivity index (χ4n) is 4.45. The fourth-order valence-corrected chi connectivity index (χ4v) is 6.60. The number of carboxylic acid groups (broad SMARTS) is 2. The Morgan fingerprint density at radius 2 is 1.16 bits per heavy atom. The number of benzene rings is 4. The molecule has 254 valence electrons. The second-order valence-corrected chi connectivity index (χ2v) is 12.9. The van der Waals surface area contributed by atoms with Gasteiger partial charge < -0.3 is 30.3 Å². The highest BCUT2D eigenvalue weighted by atomic mass is 79.9. The number of halogens is 4. The van der Waals surface area contributed by atoms with Crippen LogP contribution in [0, 0.1) is 22.7 Å². The topological polar surface area (TPSA) is 165 Å². The lowest BCUT2D eigenvalue weighted by Gasteiger charge is -2.13. The van der Waals surface area contributed by atoms with Crippen molar-refractivity contribution in [2.24, 2.45) is 0 Å². The number of ether oxygens (including phenoxy) is 2. The summed E-state index contributed by atoms with van der Waals surface area (Å²) in [5, 5.41) is 42.2. The van der Waals surface area contributed by atoms with Crippen molar-refractivity contribution in [2.45, 2.75) is 32.5 Å². The summed E-state index contributed by atoms with van der Waals surface area (Å²) in [4.78, 5) is 21.5. The number of carboxylic acids is 2. The van der Waals surface area contributed by atoms with Gasteiger partial charge in [-0.3, -0.25) is 9.59 Å². The van der Waals surface area contributed by atoms with Crippen LogP contribution in [-0.4, -0.2) is 36.2 Å². The quantitative estimate of drug-likeness (QED) is 0.102. The molecule has 0 saturated carbocycles. The number of rotatable bonds is 13. The van der Waals surface area contributed by atoms with E-state index in [2.05, 4.69) is 54.6 Å². The van der Waals surface area contributed by atoms with E-state index in [-0.39, 0.29) is 35.2 Å². The molecule has 0 saturated heterocycles. The van der Waals surface area contributed by atoms with Gasteiger partial charge in [0.05, 0.1) is 48.7 Å². The van der Waals surface area contributed by atoms with Gasteiger partial charge in [0.25, 0.3) is 0 Å². The molecular formula is C35H30Br2Cl2N4O6. The van der Waals surface area contributed by atoms with Crippen molar-refractivity contribution in [1.29, 1.82) is 10.5 Å². The Balaban J connectivity index is 0.000000266.